The second-order valence-electron chi connectivity index (χ2n) is 5.24. The number of rotatable bonds is 5. The van der Waals surface area contributed by atoms with Crippen LogP contribution >= 0.6 is 0 Å². The molecule has 4 nitrogen and oxygen atoms in total. The predicted octanol–water partition coefficient (Wildman–Crippen LogP) is 2.96. The van der Waals surface area contributed by atoms with Crippen molar-refractivity contribution in [2.24, 2.45) is 0 Å². The molecule has 0 fully saturated rings. The predicted molar refractivity (Wildman–Crippen MR) is 66.6 cm³/mol. The topological polar surface area (TPSA) is 44.1 Å². The van der Waals surface area contributed by atoms with Crippen molar-refractivity contribution in [1.82, 2.24) is 9.55 Å². The van der Waals surface area contributed by atoms with Crippen molar-refractivity contribution >= 4 is 5.97 Å². The molecule has 0 aliphatic carbocycles. The van der Waals surface area contributed by atoms with Crippen LogP contribution < -0.4 is 0 Å². The van der Waals surface area contributed by atoms with E-state index >= 15 is 0 Å². The van der Waals surface area contributed by atoms with Gasteiger partial charge in [0.2, 0.25) is 0 Å². The number of esters is 1. The first kappa shape index (κ1) is 13.7. The fourth-order valence-electron chi connectivity index (χ4n) is 1.75. The van der Waals surface area contributed by atoms with Crippen molar-refractivity contribution in [3.05, 3.63) is 18.7 Å². The molecule has 0 aliphatic rings. The monoisotopic (exact) mass is 238 g/mol. The average molecular weight is 238 g/mol. The molecular weight excluding hydrogens is 216 g/mol. The molecule has 0 aromatic carbocycles. The van der Waals surface area contributed by atoms with Gasteiger partial charge >= 0.3 is 5.97 Å². The van der Waals surface area contributed by atoms with Crippen LogP contribution in [-0.2, 0) is 9.53 Å². The fraction of sp³-hybridized carbons (Fsp3) is 0.692. The quantitative estimate of drug-likeness (QED) is 0.741. The molecule has 17 heavy (non-hydrogen) atoms. The first-order chi connectivity index (χ1) is 7.92. The van der Waals surface area contributed by atoms with Crippen LogP contribution in [0.2, 0.25) is 0 Å². The summed E-state index contributed by atoms with van der Waals surface area (Å²) in [5, 5.41) is 0. The molecule has 1 aromatic heterocycles. The number of hydrogen-bond donors (Lipinski definition) is 0. The van der Waals surface area contributed by atoms with Gasteiger partial charge in [0.1, 0.15) is 5.60 Å². The summed E-state index contributed by atoms with van der Waals surface area (Å²) in [4.78, 5) is 15.8. The van der Waals surface area contributed by atoms with E-state index in [1.165, 1.54) is 0 Å². The Morgan fingerprint density at radius 1 is 1.47 bits per heavy atom. The van der Waals surface area contributed by atoms with Gasteiger partial charge in [0.25, 0.3) is 0 Å². The lowest BCUT2D eigenvalue weighted by atomic mass is 10.1. The smallest absolute Gasteiger partial charge is 0.308 e. The van der Waals surface area contributed by atoms with Crippen LogP contribution in [0.4, 0.5) is 0 Å². The van der Waals surface area contributed by atoms with E-state index in [0.717, 1.165) is 12.8 Å². The van der Waals surface area contributed by atoms with Crippen molar-refractivity contribution in [1.29, 1.82) is 0 Å². The van der Waals surface area contributed by atoms with Crippen LogP contribution in [0.1, 0.15) is 53.0 Å². The summed E-state index contributed by atoms with van der Waals surface area (Å²) in [7, 11) is 0. The second kappa shape index (κ2) is 5.84. The molecule has 1 unspecified atom stereocenters. The number of aromatic nitrogens is 2. The van der Waals surface area contributed by atoms with Crippen LogP contribution in [0.5, 0.6) is 0 Å². The molecule has 0 radical (unpaired) electrons. The molecule has 0 aliphatic heterocycles. The minimum Gasteiger partial charge on any atom is -0.460 e. The Labute approximate surface area is 103 Å². The summed E-state index contributed by atoms with van der Waals surface area (Å²) in [6.45, 7) is 7.77. The van der Waals surface area contributed by atoms with Crippen molar-refractivity contribution in [3.63, 3.8) is 0 Å². The molecule has 0 amide bonds. The summed E-state index contributed by atoms with van der Waals surface area (Å²) >= 11 is 0. The first-order valence-electron chi connectivity index (χ1n) is 6.11. The zero-order valence-electron chi connectivity index (χ0n) is 11.1. The van der Waals surface area contributed by atoms with Crippen LogP contribution in [0.25, 0.3) is 0 Å². The number of ether oxygens (including phenoxy) is 1. The standard InChI is InChI=1S/C13H22N2O2/c1-5-6-11(15-8-7-14-10-15)9-12(16)17-13(2,3)4/h7-8,10-11H,5-6,9H2,1-4H3. The molecule has 0 spiro atoms. The molecule has 4 heteroatoms. The summed E-state index contributed by atoms with van der Waals surface area (Å²) in [5.41, 5.74) is -0.414. The first-order valence-corrected chi connectivity index (χ1v) is 6.11. The maximum absolute atomic E-state index is 11.8. The van der Waals surface area contributed by atoms with Gasteiger partial charge in [-0.1, -0.05) is 13.3 Å². The lowest BCUT2D eigenvalue weighted by Gasteiger charge is -2.22. The maximum Gasteiger partial charge on any atom is 0.308 e. The van der Waals surface area contributed by atoms with Crippen molar-refractivity contribution in [2.45, 2.75) is 58.6 Å². The Kier molecular flexibility index (Phi) is 4.73. The van der Waals surface area contributed by atoms with Gasteiger partial charge in [-0.2, -0.15) is 0 Å². The lowest BCUT2D eigenvalue weighted by molar-refractivity contribution is -0.155. The number of carbonyl (C=O) groups is 1. The third-order valence-corrected chi connectivity index (χ3v) is 2.39. The number of imidazole rings is 1. The van der Waals surface area contributed by atoms with E-state index in [1.807, 2.05) is 31.5 Å². The summed E-state index contributed by atoms with van der Waals surface area (Å²) in [6.07, 6.45) is 7.77. The highest BCUT2D eigenvalue weighted by atomic mass is 16.6. The van der Waals surface area contributed by atoms with Crippen LogP contribution in [0.3, 0.4) is 0 Å². The highest BCUT2D eigenvalue weighted by Gasteiger charge is 2.20. The van der Waals surface area contributed by atoms with E-state index in [-0.39, 0.29) is 12.0 Å². The Morgan fingerprint density at radius 3 is 2.65 bits per heavy atom. The third kappa shape index (κ3) is 5.02. The number of carbonyl (C=O) groups excluding carboxylic acids is 1. The molecule has 0 saturated carbocycles. The largest absolute Gasteiger partial charge is 0.460 e. The maximum atomic E-state index is 11.8. The van der Waals surface area contributed by atoms with E-state index in [1.54, 1.807) is 12.5 Å². The van der Waals surface area contributed by atoms with Gasteiger partial charge in [-0.25, -0.2) is 4.98 Å². The normalized spacial score (nSPS) is 13.4. The molecule has 0 N–H and O–H groups in total. The second-order valence-corrected chi connectivity index (χ2v) is 5.24. The molecule has 1 rings (SSSR count). The summed E-state index contributed by atoms with van der Waals surface area (Å²) in [6, 6.07) is 0.150. The van der Waals surface area contributed by atoms with E-state index in [2.05, 4.69) is 11.9 Å². The van der Waals surface area contributed by atoms with E-state index in [4.69, 9.17) is 4.74 Å². The molecule has 1 heterocycles. The molecule has 96 valence electrons. The van der Waals surface area contributed by atoms with Gasteiger partial charge in [-0.3, -0.25) is 4.79 Å². The Hall–Kier alpha value is -1.32. The Balaban J connectivity index is 2.59. The zero-order valence-corrected chi connectivity index (χ0v) is 11.1. The molecular formula is C13H22N2O2. The van der Waals surface area contributed by atoms with Crippen molar-refractivity contribution in [3.8, 4) is 0 Å². The van der Waals surface area contributed by atoms with E-state index < -0.39 is 5.60 Å². The van der Waals surface area contributed by atoms with Crippen molar-refractivity contribution in [2.75, 3.05) is 0 Å². The van der Waals surface area contributed by atoms with Gasteiger partial charge in [-0.15, -0.1) is 0 Å². The van der Waals surface area contributed by atoms with Crippen molar-refractivity contribution < 1.29 is 9.53 Å². The van der Waals surface area contributed by atoms with E-state index in [0.29, 0.717) is 6.42 Å². The average Bonchev–Trinajstić information content (AvgIpc) is 2.66. The Morgan fingerprint density at radius 2 is 2.18 bits per heavy atom. The summed E-state index contributed by atoms with van der Waals surface area (Å²) in [5.74, 6) is -0.148. The molecule has 0 saturated heterocycles. The highest BCUT2D eigenvalue weighted by molar-refractivity contribution is 5.70. The number of hydrogen-bond acceptors (Lipinski definition) is 3. The Bertz CT molecular complexity index is 339. The SMILES string of the molecule is CCCC(CC(=O)OC(C)(C)C)n1ccnc1. The minimum absolute atomic E-state index is 0.148. The third-order valence-electron chi connectivity index (χ3n) is 2.39. The van der Waals surface area contributed by atoms with Gasteiger partial charge < -0.3 is 9.30 Å². The highest BCUT2D eigenvalue weighted by Crippen LogP contribution is 2.20. The van der Waals surface area contributed by atoms with Gasteiger partial charge in [0, 0.05) is 18.4 Å². The molecule has 0 bridgehead atoms. The zero-order chi connectivity index (χ0) is 12.9. The number of nitrogens with zero attached hydrogens (tertiary/aromatic N) is 2. The van der Waals surface area contributed by atoms with Gasteiger partial charge in [0.05, 0.1) is 12.7 Å². The lowest BCUT2D eigenvalue weighted by Crippen LogP contribution is -2.25. The van der Waals surface area contributed by atoms with Crippen LogP contribution in [0.15, 0.2) is 18.7 Å². The summed E-state index contributed by atoms with van der Waals surface area (Å²) < 4.78 is 7.32. The van der Waals surface area contributed by atoms with Gasteiger partial charge in [0.15, 0.2) is 0 Å². The van der Waals surface area contributed by atoms with Crippen LogP contribution in [-0.4, -0.2) is 21.1 Å². The van der Waals surface area contributed by atoms with Gasteiger partial charge in [-0.05, 0) is 27.2 Å². The van der Waals surface area contributed by atoms with Crippen LogP contribution in [0, 0.1) is 0 Å². The molecule has 1 atom stereocenters. The fourth-order valence-corrected chi connectivity index (χ4v) is 1.75. The van der Waals surface area contributed by atoms with E-state index in [9.17, 15) is 4.79 Å². The molecule has 1 aromatic rings. The minimum atomic E-state index is -0.414.